The molecule has 0 saturated heterocycles. The highest BCUT2D eigenvalue weighted by Crippen LogP contribution is 2.17. The Morgan fingerprint density at radius 3 is 2.58 bits per heavy atom. The molecule has 1 aromatic carbocycles. The number of aromatic nitrogens is 1. The van der Waals surface area contributed by atoms with Gasteiger partial charge in [-0.2, -0.15) is 0 Å². The molecule has 0 atom stereocenters. The second-order valence-corrected chi connectivity index (χ2v) is 6.38. The van der Waals surface area contributed by atoms with E-state index in [0.717, 1.165) is 42.4 Å². The van der Waals surface area contributed by atoms with Gasteiger partial charge in [0.05, 0.1) is 12.1 Å². The second-order valence-electron chi connectivity index (χ2n) is 5.43. The number of hydrogen-bond donors (Lipinski definition) is 1. The Morgan fingerprint density at radius 1 is 1.25 bits per heavy atom. The Hall–Kier alpha value is -1.92. The van der Waals surface area contributed by atoms with Crippen molar-refractivity contribution in [3.8, 4) is 5.75 Å². The van der Waals surface area contributed by atoms with Crippen LogP contribution in [0.15, 0.2) is 29.6 Å². The van der Waals surface area contributed by atoms with Gasteiger partial charge in [0.15, 0.2) is 0 Å². The molecule has 6 heteroatoms. The molecule has 0 aliphatic carbocycles. The van der Waals surface area contributed by atoms with Gasteiger partial charge >= 0.3 is 0 Å². The Balaban J connectivity index is 1.86. The molecule has 0 bridgehead atoms. The Kier molecular flexibility index (Phi) is 7.21. The molecule has 0 saturated carbocycles. The maximum Gasteiger partial charge on any atom is 0.270 e. The third-order valence-corrected chi connectivity index (χ3v) is 4.76. The van der Waals surface area contributed by atoms with Crippen LogP contribution in [0.4, 0.5) is 0 Å². The van der Waals surface area contributed by atoms with E-state index in [1.165, 1.54) is 11.3 Å². The maximum atomic E-state index is 12.2. The second kappa shape index (κ2) is 9.39. The zero-order chi connectivity index (χ0) is 17.4. The molecular formula is C18H25N3O2S. The highest BCUT2D eigenvalue weighted by atomic mass is 32.1. The Morgan fingerprint density at radius 2 is 1.96 bits per heavy atom. The van der Waals surface area contributed by atoms with Gasteiger partial charge < -0.3 is 15.0 Å². The number of hydrogen-bond acceptors (Lipinski definition) is 5. The summed E-state index contributed by atoms with van der Waals surface area (Å²) in [5, 5.41) is 5.70. The molecule has 0 aliphatic heterocycles. The average molecular weight is 347 g/mol. The van der Waals surface area contributed by atoms with Gasteiger partial charge in [-0.15, -0.1) is 11.3 Å². The SMILES string of the molecule is CCN(CC)CCNC(=O)c1csc(Cc2ccc(OC)cc2)n1. The molecule has 0 aliphatic rings. The predicted octanol–water partition coefficient (Wildman–Crippen LogP) is 2.81. The standard InChI is InChI=1S/C18H25N3O2S/c1-4-21(5-2)11-10-19-18(22)16-13-24-17(20-16)12-14-6-8-15(23-3)9-7-14/h6-9,13H,4-5,10-12H2,1-3H3,(H,19,22). The molecule has 0 fully saturated rings. The van der Waals surface area contributed by atoms with Crippen LogP contribution in [0.5, 0.6) is 5.75 Å². The zero-order valence-corrected chi connectivity index (χ0v) is 15.4. The smallest absolute Gasteiger partial charge is 0.270 e. The summed E-state index contributed by atoms with van der Waals surface area (Å²) in [6.45, 7) is 7.74. The normalized spacial score (nSPS) is 10.8. The Labute approximate surface area is 147 Å². The van der Waals surface area contributed by atoms with Crippen LogP contribution in [0.1, 0.15) is 34.9 Å². The summed E-state index contributed by atoms with van der Waals surface area (Å²) in [4.78, 5) is 18.9. The van der Waals surface area contributed by atoms with Crippen molar-refractivity contribution in [2.24, 2.45) is 0 Å². The first-order chi connectivity index (χ1) is 11.7. The van der Waals surface area contributed by atoms with E-state index in [2.05, 4.69) is 29.0 Å². The van der Waals surface area contributed by atoms with E-state index in [-0.39, 0.29) is 5.91 Å². The summed E-state index contributed by atoms with van der Waals surface area (Å²) >= 11 is 1.52. The molecule has 1 amide bonds. The van der Waals surface area contributed by atoms with E-state index in [1.807, 2.05) is 29.6 Å². The first-order valence-corrected chi connectivity index (χ1v) is 9.12. The van der Waals surface area contributed by atoms with Crippen molar-refractivity contribution >= 4 is 17.2 Å². The predicted molar refractivity (Wildman–Crippen MR) is 98.0 cm³/mol. The molecule has 2 rings (SSSR count). The van der Waals surface area contributed by atoms with Crippen molar-refractivity contribution in [2.45, 2.75) is 20.3 Å². The summed E-state index contributed by atoms with van der Waals surface area (Å²) in [5.41, 5.74) is 1.65. The van der Waals surface area contributed by atoms with Gasteiger partial charge in [0.2, 0.25) is 0 Å². The van der Waals surface area contributed by atoms with E-state index in [0.29, 0.717) is 12.2 Å². The summed E-state index contributed by atoms with van der Waals surface area (Å²) in [6, 6.07) is 7.90. The fourth-order valence-corrected chi connectivity index (χ4v) is 3.18. The number of nitrogens with zero attached hydrogens (tertiary/aromatic N) is 2. The van der Waals surface area contributed by atoms with Gasteiger partial charge in [-0.05, 0) is 30.8 Å². The van der Waals surface area contributed by atoms with Crippen LogP contribution >= 0.6 is 11.3 Å². The molecule has 130 valence electrons. The summed E-state index contributed by atoms with van der Waals surface area (Å²) in [7, 11) is 1.65. The van der Waals surface area contributed by atoms with Gasteiger partial charge in [-0.1, -0.05) is 26.0 Å². The van der Waals surface area contributed by atoms with Gasteiger partial charge in [0, 0.05) is 24.9 Å². The quantitative estimate of drug-likeness (QED) is 0.758. The molecule has 1 aromatic heterocycles. The van der Waals surface area contributed by atoms with Crippen LogP contribution in [0.3, 0.4) is 0 Å². The molecule has 1 N–H and O–H groups in total. The van der Waals surface area contributed by atoms with Crippen LogP contribution < -0.4 is 10.1 Å². The fourth-order valence-electron chi connectivity index (χ4n) is 2.37. The van der Waals surface area contributed by atoms with E-state index in [1.54, 1.807) is 7.11 Å². The van der Waals surface area contributed by atoms with Gasteiger partial charge in [-0.25, -0.2) is 4.98 Å². The third kappa shape index (κ3) is 5.32. The first-order valence-electron chi connectivity index (χ1n) is 8.24. The van der Waals surface area contributed by atoms with Crippen molar-refractivity contribution in [1.82, 2.24) is 15.2 Å². The van der Waals surface area contributed by atoms with Gasteiger partial charge in [0.25, 0.3) is 5.91 Å². The number of rotatable bonds is 9. The fraction of sp³-hybridized carbons (Fsp3) is 0.444. The van der Waals surface area contributed by atoms with E-state index < -0.39 is 0 Å². The van der Waals surface area contributed by atoms with Crippen molar-refractivity contribution in [1.29, 1.82) is 0 Å². The van der Waals surface area contributed by atoms with Crippen molar-refractivity contribution in [3.05, 3.63) is 45.9 Å². The average Bonchev–Trinajstić information content (AvgIpc) is 3.08. The lowest BCUT2D eigenvalue weighted by molar-refractivity contribution is 0.0944. The summed E-state index contributed by atoms with van der Waals surface area (Å²) in [6.07, 6.45) is 0.724. The van der Waals surface area contributed by atoms with Gasteiger partial charge in [-0.3, -0.25) is 4.79 Å². The number of methoxy groups -OCH3 is 1. The molecule has 24 heavy (non-hydrogen) atoms. The number of ether oxygens (including phenoxy) is 1. The molecular weight excluding hydrogens is 322 g/mol. The third-order valence-electron chi connectivity index (χ3n) is 3.91. The highest BCUT2D eigenvalue weighted by molar-refractivity contribution is 7.09. The van der Waals surface area contributed by atoms with Crippen LogP contribution in [0, 0.1) is 0 Å². The monoisotopic (exact) mass is 347 g/mol. The largest absolute Gasteiger partial charge is 0.497 e. The summed E-state index contributed by atoms with van der Waals surface area (Å²) < 4.78 is 5.16. The van der Waals surface area contributed by atoms with Crippen molar-refractivity contribution in [3.63, 3.8) is 0 Å². The van der Waals surface area contributed by atoms with Crippen LogP contribution in [0.25, 0.3) is 0 Å². The number of amides is 1. The molecule has 0 radical (unpaired) electrons. The molecule has 0 unspecified atom stereocenters. The lowest BCUT2D eigenvalue weighted by atomic mass is 10.1. The number of carbonyl (C=O) groups excluding carboxylic acids is 1. The van der Waals surface area contributed by atoms with E-state index in [4.69, 9.17) is 4.74 Å². The number of likely N-dealkylation sites (N-methyl/N-ethyl adjacent to an activating group) is 1. The molecule has 1 heterocycles. The number of thiazole rings is 1. The van der Waals surface area contributed by atoms with Crippen LogP contribution in [-0.4, -0.2) is 49.1 Å². The van der Waals surface area contributed by atoms with E-state index in [9.17, 15) is 4.79 Å². The number of carbonyl (C=O) groups is 1. The molecule has 0 spiro atoms. The minimum absolute atomic E-state index is 0.0978. The molecule has 5 nitrogen and oxygen atoms in total. The first kappa shape index (κ1) is 18.4. The lowest BCUT2D eigenvalue weighted by Gasteiger charge is -2.17. The number of benzene rings is 1. The van der Waals surface area contributed by atoms with Crippen LogP contribution in [0.2, 0.25) is 0 Å². The Bertz CT molecular complexity index is 636. The lowest BCUT2D eigenvalue weighted by Crippen LogP contribution is -2.34. The van der Waals surface area contributed by atoms with E-state index >= 15 is 0 Å². The maximum absolute atomic E-state index is 12.2. The molecule has 2 aromatic rings. The highest BCUT2D eigenvalue weighted by Gasteiger charge is 2.11. The van der Waals surface area contributed by atoms with Crippen molar-refractivity contribution < 1.29 is 9.53 Å². The van der Waals surface area contributed by atoms with Gasteiger partial charge in [0.1, 0.15) is 11.4 Å². The minimum atomic E-state index is -0.0978. The summed E-state index contributed by atoms with van der Waals surface area (Å²) in [5.74, 6) is 0.741. The zero-order valence-electron chi connectivity index (χ0n) is 14.5. The minimum Gasteiger partial charge on any atom is -0.497 e. The van der Waals surface area contributed by atoms with Crippen molar-refractivity contribution in [2.75, 3.05) is 33.3 Å². The van der Waals surface area contributed by atoms with Crippen LogP contribution in [-0.2, 0) is 6.42 Å². The number of nitrogens with one attached hydrogen (secondary N) is 1. The topological polar surface area (TPSA) is 54.5 Å².